The number of halogens is 1. The maximum Gasteiger partial charge on any atom is 0.321 e. The van der Waals surface area contributed by atoms with Gasteiger partial charge in [-0.1, -0.05) is 22.4 Å². The molecule has 0 radical (unpaired) electrons. The summed E-state index contributed by atoms with van der Waals surface area (Å²) in [7, 11) is 1.31. The van der Waals surface area contributed by atoms with E-state index in [0.717, 1.165) is 10.9 Å². The molecule has 0 bridgehead atoms. The molecule has 1 aromatic carbocycles. The summed E-state index contributed by atoms with van der Waals surface area (Å²) >= 11 is 3.32. The van der Waals surface area contributed by atoms with Crippen LogP contribution in [0.2, 0.25) is 0 Å². The van der Waals surface area contributed by atoms with Gasteiger partial charge >= 0.3 is 5.97 Å². The molecule has 18 heavy (non-hydrogen) atoms. The lowest BCUT2D eigenvalue weighted by Crippen LogP contribution is -2.48. The van der Waals surface area contributed by atoms with Crippen molar-refractivity contribution in [1.29, 1.82) is 0 Å². The van der Waals surface area contributed by atoms with Crippen LogP contribution in [0.5, 0.6) is 0 Å². The van der Waals surface area contributed by atoms with E-state index in [0.29, 0.717) is 18.5 Å². The average Bonchev–Trinajstić information content (AvgIpc) is 2.30. The van der Waals surface area contributed by atoms with Gasteiger partial charge in [-0.05, 0) is 37.1 Å². The summed E-state index contributed by atoms with van der Waals surface area (Å²) in [5.41, 5.74) is -0.305. The van der Waals surface area contributed by atoms with E-state index >= 15 is 0 Å². The van der Waals surface area contributed by atoms with E-state index in [9.17, 15) is 9.59 Å². The van der Waals surface area contributed by atoms with Crippen molar-refractivity contribution in [3.05, 3.63) is 28.7 Å². The number of amides is 1. The molecule has 1 fully saturated rings. The molecule has 0 unspecified atom stereocenters. The number of carbonyl (C=O) groups is 2. The van der Waals surface area contributed by atoms with Crippen LogP contribution in [0.15, 0.2) is 28.7 Å². The molecule has 0 atom stereocenters. The Morgan fingerprint density at radius 1 is 1.28 bits per heavy atom. The molecule has 1 aliphatic rings. The first kappa shape index (κ1) is 13.1. The smallest absolute Gasteiger partial charge is 0.321 e. The Bertz CT molecular complexity index is 466. The van der Waals surface area contributed by atoms with Crippen molar-refractivity contribution in [2.24, 2.45) is 5.41 Å². The van der Waals surface area contributed by atoms with Gasteiger partial charge in [-0.25, -0.2) is 0 Å². The minimum atomic E-state index is -0.984. The van der Waals surface area contributed by atoms with Gasteiger partial charge in [0.05, 0.1) is 7.11 Å². The number of anilines is 1. The highest BCUT2D eigenvalue weighted by atomic mass is 79.9. The summed E-state index contributed by atoms with van der Waals surface area (Å²) in [5.74, 6) is -0.716. The summed E-state index contributed by atoms with van der Waals surface area (Å²) in [5, 5.41) is 2.77. The number of hydrogen-bond acceptors (Lipinski definition) is 3. The minimum Gasteiger partial charge on any atom is -0.468 e. The molecule has 0 heterocycles. The van der Waals surface area contributed by atoms with Crippen molar-refractivity contribution in [3.63, 3.8) is 0 Å². The van der Waals surface area contributed by atoms with Gasteiger partial charge in [0.2, 0.25) is 5.91 Å². The lowest BCUT2D eigenvalue weighted by molar-refractivity contribution is -0.163. The third-order valence-electron chi connectivity index (χ3n) is 3.32. The van der Waals surface area contributed by atoms with Crippen LogP contribution in [0.3, 0.4) is 0 Å². The second kappa shape index (κ2) is 5.10. The summed E-state index contributed by atoms with van der Waals surface area (Å²) < 4.78 is 5.67. The van der Waals surface area contributed by atoms with Crippen molar-refractivity contribution in [2.75, 3.05) is 12.4 Å². The molecule has 4 nitrogen and oxygen atoms in total. The van der Waals surface area contributed by atoms with Gasteiger partial charge in [0, 0.05) is 10.2 Å². The maximum atomic E-state index is 12.2. The quantitative estimate of drug-likeness (QED) is 0.690. The molecule has 1 N–H and O–H groups in total. The van der Waals surface area contributed by atoms with Crippen LogP contribution in [0.25, 0.3) is 0 Å². The van der Waals surface area contributed by atoms with Crippen molar-refractivity contribution >= 4 is 33.5 Å². The zero-order chi connectivity index (χ0) is 13.2. The van der Waals surface area contributed by atoms with Gasteiger partial charge in [0.25, 0.3) is 0 Å². The van der Waals surface area contributed by atoms with Crippen molar-refractivity contribution in [2.45, 2.75) is 19.3 Å². The van der Waals surface area contributed by atoms with Gasteiger partial charge in [-0.2, -0.15) is 0 Å². The Kier molecular flexibility index (Phi) is 3.71. The SMILES string of the molecule is COC(=O)C1(C(=O)Nc2ccc(Br)cc2)CCC1. The zero-order valence-corrected chi connectivity index (χ0v) is 11.6. The molecule has 0 aliphatic heterocycles. The second-order valence-electron chi connectivity index (χ2n) is 4.39. The molecule has 1 amide bonds. The van der Waals surface area contributed by atoms with Crippen molar-refractivity contribution < 1.29 is 14.3 Å². The molecule has 5 heteroatoms. The number of esters is 1. The molecular weight excluding hydrogens is 298 g/mol. The van der Waals surface area contributed by atoms with E-state index in [1.54, 1.807) is 12.1 Å². The van der Waals surface area contributed by atoms with Crippen LogP contribution in [-0.4, -0.2) is 19.0 Å². The molecule has 2 rings (SSSR count). The summed E-state index contributed by atoms with van der Waals surface area (Å²) in [4.78, 5) is 23.9. The highest BCUT2D eigenvalue weighted by Gasteiger charge is 2.51. The molecule has 0 spiro atoms. The molecular formula is C13H14BrNO3. The monoisotopic (exact) mass is 311 g/mol. The molecule has 1 aliphatic carbocycles. The van der Waals surface area contributed by atoms with Crippen LogP contribution in [-0.2, 0) is 14.3 Å². The summed E-state index contributed by atoms with van der Waals surface area (Å²) in [6, 6.07) is 7.24. The standard InChI is InChI=1S/C13H14BrNO3/c1-18-12(17)13(7-2-8-13)11(16)15-10-5-3-9(14)4-6-10/h3-6H,2,7-8H2,1H3,(H,15,16). The number of ether oxygens (including phenoxy) is 1. The van der Waals surface area contributed by atoms with Crippen molar-refractivity contribution in [3.8, 4) is 0 Å². The lowest BCUT2D eigenvalue weighted by atomic mass is 9.68. The van der Waals surface area contributed by atoms with Gasteiger partial charge in [-0.15, -0.1) is 0 Å². The van der Waals surface area contributed by atoms with E-state index in [-0.39, 0.29) is 5.91 Å². The number of benzene rings is 1. The predicted octanol–water partition coefficient (Wildman–Crippen LogP) is 2.73. The Morgan fingerprint density at radius 3 is 2.33 bits per heavy atom. The third kappa shape index (κ3) is 2.27. The first-order chi connectivity index (χ1) is 8.58. The summed E-state index contributed by atoms with van der Waals surface area (Å²) in [6.45, 7) is 0. The predicted molar refractivity (Wildman–Crippen MR) is 71.1 cm³/mol. The second-order valence-corrected chi connectivity index (χ2v) is 5.30. The fraction of sp³-hybridized carbons (Fsp3) is 0.385. The van der Waals surface area contributed by atoms with Crippen molar-refractivity contribution in [1.82, 2.24) is 0 Å². The minimum absolute atomic E-state index is 0.275. The van der Waals surface area contributed by atoms with E-state index in [1.807, 2.05) is 12.1 Å². The molecule has 1 aromatic rings. The van der Waals surface area contributed by atoms with Gasteiger partial charge < -0.3 is 10.1 Å². The largest absolute Gasteiger partial charge is 0.468 e. The van der Waals surface area contributed by atoms with Crippen LogP contribution in [0.4, 0.5) is 5.69 Å². The Hall–Kier alpha value is -1.36. The Balaban J connectivity index is 2.11. The fourth-order valence-electron chi connectivity index (χ4n) is 2.03. The lowest BCUT2D eigenvalue weighted by Gasteiger charge is -2.36. The maximum absolute atomic E-state index is 12.2. The topological polar surface area (TPSA) is 55.4 Å². The number of methoxy groups -OCH3 is 1. The zero-order valence-electron chi connectivity index (χ0n) is 10.0. The van der Waals surface area contributed by atoms with Crippen LogP contribution in [0.1, 0.15) is 19.3 Å². The van der Waals surface area contributed by atoms with E-state index in [2.05, 4.69) is 21.2 Å². The fourth-order valence-corrected chi connectivity index (χ4v) is 2.30. The third-order valence-corrected chi connectivity index (χ3v) is 3.85. The number of hydrogen-bond donors (Lipinski definition) is 1. The van der Waals surface area contributed by atoms with Gasteiger partial charge in [-0.3, -0.25) is 9.59 Å². The van der Waals surface area contributed by atoms with Crippen LogP contribution < -0.4 is 5.32 Å². The molecule has 96 valence electrons. The van der Waals surface area contributed by atoms with E-state index in [4.69, 9.17) is 4.74 Å². The van der Waals surface area contributed by atoms with Crippen LogP contribution in [0, 0.1) is 5.41 Å². The first-order valence-electron chi connectivity index (χ1n) is 5.74. The number of nitrogens with one attached hydrogen (secondary N) is 1. The molecule has 1 saturated carbocycles. The highest BCUT2D eigenvalue weighted by Crippen LogP contribution is 2.43. The number of carbonyl (C=O) groups excluding carboxylic acids is 2. The van der Waals surface area contributed by atoms with Gasteiger partial charge in [0.15, 0.2) is 0 Å². The summed E-state index contributed by atoms with van der Waals surface area (Å²) in [6.07, 6.45) is 1.99. The average molecular weight is 312 g/mol. The van der Waals surface area contributed by atoms with E-state index in [1.165, 1.54) is 7.11 Å². The number of rotatable bonds is 3. The first-order valence-corrected chi connectivity index (χ1v) is 6.53. The molecule has 0 aromatic heterocycles. The Labute approximate surface area is 114 Å². The van der Waals surface area contributed by atoms with Crippen LogP contribution >= 0.6 is 15.9 Å². The van der Waals surface area contributed by atoms with Gasteiger partial charge in [0.1, 0.15) is 5.41 Å². The van der Waals surface area contributed by atoms with E-state index < -0.39 is 11.4 Å². The highest BCUT2D eigenvalue weighted by molar-refractivity contribution is 9.10. The molecule has 0 saturated heterocycles. The normalized spacial score (nSPS) is 16.6. The Morgan fingerprint density at radius 2 is 1.89 bits per heavy atom.